The summed E-state index contributed by atoms with van der Waals surface area (Å²) >= 11 is 0. The Bertz CT molecular complexity index is 1030. The minimum atomic E-state index is 0.0486. The molecule has 4 rings (SSSR count). The van der Waals surface area contributed by atoms with Gasteiger partial charge in [-0.05, 0) is 34.0 Å². The highest BCUT2D eigenvalue weighted by Crippen LogP contribution is 2.30. The zero-order valence-electron chi connectivity index (χ0n) is 13.9. The van der Waals surface area contributed by atoms with E-state index in [9.17, 15) is 0 Å². The molecule has 0 heterocycles. The summed E-state index contributed by atoms with van der Waals surface area (Å²) in [5.74, 6) is 6.92. The van der Waals surface area contributed by atoms with Crippen molar-refractivity contribution in [2.24, 2.45) is 0 Å². The zero-order chi connectivity index (χ0) is 16.9. The minimum absolute atomic E-state index is 0.0486. The van der Waals surface area contributed by atoms with E-state index in [4.69, 9.17) is 0 Å². The van der Waals surface area contributed by atoms with Crippen LogP contribution in [-0.4, -0.2) is 0 Å². The maximum Gasteiger partial charge on any atom is 0.0711 e. The van der Waals surface area contributed by atoms with Gasteiger partial charge in [0.25, 0.3) is 0 Å². The number of hydrogen-bond acceptors (Lipinski definition) is 0. The Morgan fingerprint density at radius 2 is 1.20 bits per heavy atom. The Labute approximate surface area is 148 Å². The first-order valence-corrected chi connectivity index (χ1v) is 8.51. The van der Waals surface area contributed by atoms with Gasteiger partial charge in [0.2, 0.25) is 0 Å². The summed E-state index contributed by atoms with van der Waals surface area (Å²) in [5, 5.41) is 2.52. The summed E-state index contributed by atoms with van der Waals surface area (Å²) in [7, 11) is 0. The molecular formula is C25H18. The molecule has 0 bridgehead atoms. The lowest BCUT2D eigenvalue weighted by molar-refractivity contribution is 1.08. The van der Waals surface area contributed by atoms with Crippen LogP contribution in [0.2, 0.25) is 0 Å². The van der Waals surface area contributed by atoms with Crippen LogP contribution in [0.5, 0.6) is 0 Å². The van der Waals surface area contributed by atoms with E-state index in [1.807, 2.05) is 24.3 Å². The second kappa shape index (κ2) is 7.07. The van der Waals surface area contributed by atoms with Gasteiger partial charge < -0.3 is 0 Å². The summed E-state index contributed by atoms with van der Waals surface area (Å²) in [4.78, 5) is 0. The first-order chi connectivity index (χ1) is 12.4. The van der Waals surface area contributed by atoms with Gasteiger partial charge in [-0.15, -0.1) is 0 Å². The number of rotatable bonds is 2. The van der Waals surface area contributed by atoms with Crippen LogP contribution in [0, 0.1) is 11.8 Å². The molecule has 0 radical (unpaired) electrons. The quantitative estimate of drug-likeness (QED) is 0.396. The predicted molar refractivity (Wildman–Crippen MR) is 106 cm³/mol. The number of benzene rings is 4. The predicted octanol–water partition coefficient (Wildman–Crippen LogP) is 6.02. The molecule has 0 heteroatoms. The van der Waals surface area contributed by atoms with Gasteiger partial charge in [0, 0.05) is 5.56 Å². The Hall–Kier alpha value is -3.30. The maximum absolute atomic E-state index is 3.51. The lowest BCUT2D eigenvalue weighted by Crippen LogP contribution is -1.99. The molecule has 25 heavy (non-hydrogen) atoms. The highest BCUT2D eigenvalue weighted by atomic mass is 14.2. The van der Waals surface area contributed by atoms with Crippen LogP contribution in [0.4, 0.5) is 0 Å². The molecule has 0 aliphatic carbocycles. The Morgan fingerprint density at radius 3 is 2.00 bits per heavy atom. The van der Waals surface area contributed by atoms with Crippen molar-refractivity contribution in [3.8, 4) is 11.8 Å². The third kappa shape index (κ3) is 3.32. The average molecular weight is 318 g/mol. The van der Waals surface area contributed by atoms with E-state index in [0.717, 1.165) is 5.56 Å². The fourth-order valence-electron chi connectivity index (χ4n) is 3.17. The third-order valence-corrected chi connectivity index (χ3v) is 4.40. The highest BCUT2D eigenvalue weighted by molar-refractivity contribution is 5.87. The molecule has 0 aromatic heterocycles. The van der Waals surface area contributed by atoms with Gasteiger partial charge in [0.1, 0.15) is 0 Å². The van der Waals surface area contributed by atoms with E-state index in [2.05, 4.69) is 90.7 Å². The van der Waals surface area contributed by atoms with E-state index in [1.165, 1.54) is 21.9 Å². The fourth-order valence-corrected chi connectivity index (χ4v) is 3.17. The third-order valence-electron chi connectivity index (χ3n) is 4.40. The van der Waals surface area contributed by atoms with Crippen molar-refractivity contribution in [1.82, 2.24) is 0 Å². The number of fused-ring (bicyclic) bond motifs is 1. The number of hydrogen-bond donors (Lipinski definition) is 0. The summed E-state index contributed by atoms with van der Waals surface area (Å²) in [6.45, 7) is 0. The summed E-state index contributed by atoms with van der Waals surface area (Å²) < 4.78 is 0. The van der Waals surface area contributed by atoms with Gasteiger partial charge >= 0.3 is 0 Å². The molecule has 0 unspecified atom stereocenters. The molecule has 0 aliphatic rings. The van der Waals surface area contributed by atoms with Crippen molar-refractivity contribution in [3.63, 3.8) is 0 Å². The summed E-state index contributed by atoms with van der Waals surface area (Å²) in [6, 6.07) is 35.7. The van der Waals surface area contributed by atoms with Gasteiger partial charge in [-0.1, -0.05) is 103 Å². The Morgan fingerprint density at radius 1 is 0.560 bits per heavy atom. The Balaban J connectivity index is 1.88. The molecule has 0 saturated heterocycles. The molecule has 0 aliphatic heterocycles. The molecule has 0 spiro atoms. The highest BCUT2D eigenvalue weighted by Gasteiger charge is 2.14. The summed E-state index contributed by atoms with van der Waals surface area (Å²) in [6.07, 6.45) is 0. The van der Waals surface area contributed by atoms with Crippen LogP contribution in [0.25, 0.3) is 10.8 Å². The Kier molecular flexibility index (Phi) is 4.31. The molecule has 0 amide bonds. The molecule has 118 valence electrons. The average Bonchev–Trinajstić information content (AvgIpc) is 2.70. The minimum Gasteiger partial charge on any atom is -0.0848 e. The topological polar surface area (TPSA) is 0 Å². The molecule has 0 fully saturated rings. The van der Waals surface area contributed by atoms with E-state index < -0.39 is 0 Å². The van der Waals surface area contributed by atoms with Gasteiger partial charge in [-0.3, -0.25) is 0 Å². The second-order valence-electron chi connectivity index (χ2n) is 6.05. The van der Waals surface area contributed by atoms with Gasteiger partial charge in [-0.25, -0.2) is 0 Å². The van der Waals surface area contributed by atoms with E-state index >= 15 is 0 Å². The van der Waals surface area contributed by atoms with Crippen LogP contribution in [0.1, 0.15) is 22.6 Å². The van der Waals surface area contributed by atoms with Crippen molar-refractivity contribution in [2.45, 2.75) is 5.92 Å². The molecular weight excluding hydrogens is 300 g/mol. The standard InChI is InChI=1S/C25H18/c1-3-10-20(11-4-1)18-19-24(21-12-5-2-6-13-21)25-17-9-15-22-14-7-8-16-23(22)25/h1-17,24H/t24-/m0/s1. The maximum atomic E-state index is 3.51. The fraction of sp³-hybridized carbons (Fsp3) is 0.0400. The SMILES string of the molecule is C(#C[C@@H](c1ccccc1)c1cccc2ccccc12)c1ccccc1. The van der Waals surface area contributed by atoms with Crippen molar-refractivity contribution in [3.05, 3.63) is 120 Å². The van der Waals surface area contributed by atoms with Crippen molar-refractivity contribution in [2.75, 3.05) is 0 Å². The normalized spacial score (nSPS) is 11.5. The zero-order valence-corrected chi connectivity index (χ0v) is 13.9. The van der Waals surface area contributed by atoms with Gasteiger partial charge in [0.15, 0.2) is 0 Å². The van der Waals surface area contributed by atoms with Crippen molar-refractivity contribution >= 4 is 10.8 Å². The van der Waals surface area contributed by atoms with E-state index in [-0.39, 0.29) is 5.92 Å². The largest absolute Gasteiger partial charge is 0.0848 e. The van der Waals surface area contributed by atoms with Crippen molar-refractivity contribution < 1.29 is 0 Å². The van der Waals surface area contributed by atoms with Crippen molar-refractivity contribution in [1.29, 1.82) is 0 Å². The van der Waals surface area contributed by atoms with Gasteiger partial charge in [-0.2, -0.15) is 0 Å². The molecule has 4 aromatic carbocycles. The molecule has 0 N–H and O–H groups in total. The summed E-state index contributed by atoms with van der Waals surface area (Å²) in [5.41, 5.74) is 3.53. The van der Waals surface area contributed by atoms with Gasteiger partial charge in [0.05, 0.1) is 5.92 Å². The van der Waals surface area contributed by atoms with Crippen LogP contribution in [-0.2, 0) is 0 Å². The van der Waals surface area contributed by atoms with Crippen LogP contribution in [0.15, 0.2) is 103 Å². The molecule has 1 atom stereocenters. The van der Waals surface area contributed by atoms with Crippen LogP contribution < -0.4 is 0 Å². The molecule has 4 aromatic rings. The first kappa shape index (κ1) is 15.2. The van der Waals surface area contributed by atoms with E-state index in [1.54, 1.807) is 0 Å². The molecule has 0 nitrogen and oxygen atoms in total. The van der Waals surface area contributed by atoms with E-state index in [0.29, 0.717) is 0 Å². The monoisotopic (exact) mass is 318 g/mol. The smallest absolute Gasteiger partial charge is 0.0711 e. The van der Waals surface area contributed by atoms with Crippen LogP contribution >= 0.6 is 0 Å². The lowest BCUT2D eigenvalue weighted by Gasteiger charge is -2.14. The lowest BCUT2D eigenvalue weighted by atomic mass is 9.88. The van der Waals surface area contributed by atoms with Crippen LogP contribution in [0.3, 0.4) is 0 Å². The second-order valence-corrected chi connectivity index (χ2v) is 6.05. The molecule has 0 saturated carbocycles. The first-order valence-electron chi connectivity index (χ1n) is 8.51.